The van der Waals surface area contributed by atoms with E-state index in [0.29, 0.717) is 27.9 Å². The number of ether oxygens (including phenoxy) is 2. The maximum Gasteiger partial charge on any atom is 0.239 e. The Kier molecular flexibility index (Phi) is 6.10. The molecule has 26 heavy (non-hydrogen) atoms. The summed E-state index contributed by atoms with van der Waals surface area (Å²) < 4.78 is 10.4. The van der Waals surface area contributed by atoms with E-state index in [-0.39, 0.29) is 0 Å². The molecule has 0 saturated carbocycles. The molecule has 0 aromatic heterocycles. The standard InChI is InChI=1S/C19H21ClN2O4/c1-19(2,17(23)21-13-7-5-12(20)6-8-13)18(24)22-15-11-14(25-3)9-10-16(15)26-4/h5-11H,1-4H3,(H,21,23)(H,22,24). The van der Waals surface area contributed by atoms with Crippen molar-refractivity contribution in [1.82, 2.24) is 0 Å². The Labute approximate surface area is 157 Å². The number of carbonyl (C=O) groups excluding carboxylic acids is 2. The van der Waals surface area contributed by atoms with Crippen LogP contribution in [0.15, 0.2) is 42.5 Å². The van der Waals surface area contributed by atoms with Crippen molar-refractivity contribution < 1.29 is 19.1 Å². The third-order valence-corrected chi connectivity index (χ3v) is 4.14. The minimum absolute atomic E-state index is 0.421. The highest BCUT2D eigenvalue weighted by molar-refractivity contribution is 6.30. The van der Waals surface area contributed by atoms with E-state index in [1.54, 1.807) is 56.3 Å². The first-order valence-electron chi connectivity index (χ1n) is 7.88. The Morgan fingerprint density at radius 1 is 0.923 bits per heavy atom. The summed E-state index contributed by atoms with van der Waals surface area (Å²) in [6.45, 7) is 3.08. The minimum Gasteiger partial charge on any atom is -0.497 e. The van der Waals surface area contributed by atoms with Crippen molar-refractivity contribution in [1.29, 1.82) is 0 Å². The molecule has 0 aliphatic rings. The SMILES string of the molecule is COc1ccc(OC)c(NC(=O)C(C)(C)C(=O)Nc2ccc(Cl)cc2)c1. The monoisotopic (exact) mass is 376 g/mol. The van der Waals surface area contributed by atoms with E-state index in [0.717, 1.165) is 0 Å². The smallest absolute Gasteiger partial charge is 0.239 e. The van der Waals surface area contributed by atoms with Crippen molar-refractivity contribution in [3.8, 4) is 11.5 Å². The molecule has 0 unspecified atom stereocenters. The Balaban J connectivity index is 2.16. The largest absolute Gasteiger partial charge is 0.497 e. The van der Waals surface area contributed by atoms with Crippen LogP contribution in [-0.4, -0.2) is 26.0 Å². The summed E-state index contributed by atoms with van der Waals surface area (Å²) in [4.78, 5) is 25.3. The molecular formula is C19H21ClN2O4. The highest BCUT2D eigenvalue weighted by Crippen LogP contribution is 2.31. The van der Waals surface area contributed by atoms with Gasteiger partial charge in [0.25, 0.3) is 0 Å². The summed E-state index contributed by atoms with van der Waals surface area (Å²) in [5.74, 6) is 0.104. The van der Waals surface area contributed by atoms with Gasteiger partial charge >= 0.3 is 0 Å². The zero-order valence-electron chi connectivity index (χ0n) is 15.1. The molecule has 0 heterocycles. The van der Waals surface area contributed by atoms with Crippen LogP contribution < -0.4 is 20.1 Å². The van der Waals surface area contributed by atoms with Gasteiger partial charge < -0.3 is 20.1 Å². The summed E-state index contributed by atoms with van der Waals surface area (Å²) in [5.41, 5.74) is -0.350. The first-order chi connectivity index (χ1) is 12.3. The molecule has 6 nitrogen and oxygen atoms in total. The lowest BCUT2D eigenvalue weighted by atomic mass is 9.90. The molecule has 0 aliphatic heterocycles. The minimum atomic E-state index is -1.33. The number of halogens is 1. The van der Waals surface area contributed by atoms with Gasteiger partial charge in [-0.2, -0.15) is 0 Å². The van der Waals surface area contributed by atoms with E-state index in [1.807, 2.05) is 0 Å². The van der Waals surface area contributed by atoms with Crippen LogP contribution in [0, 0.1) is 5.41 Å². The molecule has 2 aromatic carbocycles. The van der Waals surface area contributed by atoms with E-state index in [2.05, 4.69) is 10.6 Å². The van der Waals surface area contributed by atoms with Crippen LogP contribution in [0.25, 0.3) is 0 Å². The topological polar surface area (TPSA) is 76.7 Å². The summed E-state index contributed by atoms with van der Waals surface area (Å²) in [7, 11) is 3.02. The fraction of sp³-hybridized carbons (Fsp3) is 0.263. The fourth-order valence-corrected chi connectivity index (χ4v) is 2.24. The van der Waals surface area contributed by atoms with E-state index in [4.69, 9.17) is 21.1 Å². The summed E-state index contributed by atoms with van der Waals surface area (Å²) in [5, 5.41) is 6.00. The Morgan fingerprint density at radius 2 is 1.54 bits per heavy atom. The summed E-state index contributed by atoms with van der Waals surface area (Å²) >= 11 is 5.83. The molecule has 7 heteroatoms. The average Bonchev–Trinajstić information content (AvgIpc) is 2.63. The van der Waals surface area contributed by atoms with E-state index >= 15 is 0 Å². The maximum atomic E-state index is 12.7. The molecule has 0 atom stereocenters. The summed E-state index contributed by atoms with van der Waals surface area (Å²) in [6.07, 6.45) is 0. The first-order valence-corrected chi connectivity index (χ1v) is 8.26. The predicted molar refractivity (Wildman–Crippen MR) is 102 cm³/mol. The molecule has 2 N–H and O–H groups in total. The molecule has 138 valence electrons. The number of benzene rings is 2. The second-order valence-electron chi connectivity index (χ2n) is 6.11. The lowest BCUT2D eigenvalue weighted by Crippen LogP contribution is -2.41. The molecule has 2 amide bonds. The summed E-state index contributed by atoms with van der Waals surface area (Å²) in [6, 6.07) is 11.7. The first kappa shape index (κ1) is 19.6. The molecule has 0 fully saturated rings. The quantitative estimate of drug-likeness (QED) is 0.748. The van der Waals surface area contributed by atoms with Gasteiger partial charge in [0.1, 0.15) is 16.9 Å². The van der Waals surface area contributed by atoms with Crippen LogP contribution in [0.2, 0.25) is 5.02 Å². The van der Waals surface area contributed by atoms with E-state index in [9.17, 15) is 9.59 Å². The molecule has 0 aliphatic carbocycles. The molecule has 2 rings (SSSR count). The van der Waals surface area contributed by atoms with Crippen molar-refractivity contribution in [3.63, 3.8) is 0 Å². The van der Waals surface area contributed by atoms with Gasteiger partial charge in [-0.05, 0) is 50.2 Å². The second kappa shape index (κ2) is 8.10. The third kappa shape index (κ3) is 4.46. The highest BCUT2D eigenvalue weighted by atomic mass is 35.5. The van der Waals surface area contributed by atoms with E-state index in [1.165, 1.54) is 14.2 Å². The number of anilines is 2. The van der Waals surface area contributed by atoms with Crippen LogP contribution in [0.5, 0.6) is 11.5 Å². The van der Waals surface area contributed by atoms with Crippen LogP contribution in [0.4, 0.5) is 11.4 Å². The second-order valence-corrected chi connectivity index (χ2v) is 6.54. The molecule has 0 spiro atoms. The number of rotatable bonds is 6. The van der Waals surface area contributed by atoms with Gasteiger partial charge in [0.2, 0.25) is 11.8 Å². The van der Waals surface area contributed by atoms with Crippen LogP contribution >= 0.6 is 11.6 Å². The zero-order valence-corrected chi connectivity index (χ0v) is 15.8. The zero-order chi connectivity index (χ0) is 19.3. The average molecular weight is 377 g/mol. The molecule has 0 bridgehead atoms. The van der Waals surface area contributed by atoms with Crippen LogP contribution in [0.1, 0.15) is 13.8 Å². The van der Waals surface area contributed by atoms with Gasteiger partial charge in [-0.3, -0.25) is 9.59 Å². The lowest BCUT2D eigenvalue weighted by Gasteiger charge is -2.23. The van der Waals surface area contributed by atoms with Crippen molar-refractivity contribution in [2.24, 2.45) is 5.41 Å². The molecule has 0 saturated heterocycles. The van der Waals surface area contributed by atoms with Gasteiger partial charge in [-0.15, -0.1) is 0 Å². The van der Waals surface area contributed by atoms with Crippen molar-refractivity contribution in [2.75, 3.05) is 24.9 Å². The molecule has 2 aromatic rings. The van der Waals surface area contributed by atoms with Crippen LogP contribution in [0.3, 0.4) is 0 Å². The van der Waals surface area contributed by atoms with E-state index < -0.39 is 17.2 Å². The van der Waals surface area contributed by atoms with Crippen molar-refractivity contribution >= 4 is 34.8 Å². The van der Waals surface area contributed by atoms with Gasteiger partial charge in [-0.25, -0.2) is 0 Å². The van der Waals surface area contributed by atoms with Gasteiger partial charge in [0, 0.05) is 16.8 Å². The number of hydrogen-bond acceptors (Lipinski definition) is 4. The highest BCUT2D eigenvalue weighted by Gasteiger charge is 2.36. The maximum absolute atomic E-state index is 12.7. The van der Waals surface area contributed by atoms with Gasteiger partial charge in [0.15, 0.2) is 0 Å². The Hall–Kier alpha value is -2.73. The number of nitrogens with one attached hydrogen (secondary N) is 2. The lowest BCUT2D eigenvalue weighted by molar-refractivity contribution is -0.135. The van der Waals surface area contributed by atoms with Crippen molar-refractivity contribution in [3.05, 3.63) is 47.5 Å². The normalized spacial score (nSPS) is 10.8. The van der Waals surface area contributed by atoms with Gasteiger partial charge in [0.05, 0.1) is 19.9 Å². The molecule has 0 radical (unpaired) electrons. The number of carbonyl (C=O) groups is 2. The van der Waals surface area contributed by atoms with Crippen molar-refractivity contribution in [2.45, 2.75) is 13.8 Å². The number of amides is 2. The Morgan fingerprint density at radius 3 is 2.12 bits per heavy atom. The Bertz CT molecular complexity index is 804. The molecular weight excluding hydrogens is 356 g/mol. The van der Waals surface area contributed by atoms with Crippen LogP contribution in [-0.2, 0) is 9.59 Å². The number of methoxy groups -OCH3 is 2. The number of hydrogen-bond donors (Lipinski definition) is 2. The predicted octanol–water partition coefficient (Wildman–Crippen LogP) is 3.96. The van der Waals surface area contributed by atoms with Gasteiger partial charge in [-0.1, -0.05) is 11.6 Å². The fourth-order valence-electron chi connectivity index (χ4n) is 2.11. The third-order valence-electron chi connectivity index (χ3n) is 3.89.